The first-order valence-corrected chi connectivity index (χ1v) is 5.32. The highest BCUT2D eigenvalue weighted by Gasteiger charge is 2.14. The summed E-state index contributed by atoms with van der Waals surface area (Å²) in [4.78, 5) is 3.61. The first kappa shape index (κ1) is 8.75. The Morgan fingerprint density at radius 2 is 2.31 bits per heavy atom. The van der Waals surface area contributed by atoms with Crippen LogP contribution in [0.15, 0.2) is 23.1 Å². The third-order valence-electron chi connectivity index (χ3n) is 2.26. The molecule has 1 heterocycles. The first-order chi connectivity index (χ1) is 6.31. The summed E-state index contributed by atoms with van der Waals surface area (Å²) in [5.74, 6) is 2.11. The van der Waals surface area contributed by atoms with Crippen molar-refractivity contribution in [2.24, 2.45) is 0 Å². The number of benzene rings is 1. The molecule has 3 heteroatoms. The molecule has 70 valence electrons. The van der Waals surface area contributed by atoms with Crippen LogP contribution in [-0.4, -0.2) is 26.5 Å². The first-order valence-electron chi connectivity index (χ1n) is 4.33. The van der Waals surface area contributed by atoms with Crippen molar-refractivity contribution in [1.82, 2.24) is 0 Å². The van der Waals surface area contributed by atoms with E-state index in [0.29, 0.717) is 0 Å². The fourth-order valence-electron chi connectivity index (χ4n) is 1.47. The van der Waals surface area contributed by atoms with Crippen LogP contribution in [0.4, 0.5) is 5.69 Å². The van der Waals surface area contributed by atoms with Gasteiger partial charge in [-0.25, -0.2) is 0 Å². The number of thioether (sulfide) groups is 1. The number of nitrogens with zero attached hydrogens (tertiary/aromatic N) is 1. The van der Waals surface area contributed by atoms with Gasteiger partial charge in [-0.1, -0.05) is 0 Å². The SMILES string of the molecule is COc1ccc2c(c1)SCCN2C. The number of ether oxygens (including phenoxy) is 1. The highest BCUT2D eigenvalue weighted by molar-refractivity contribution is 7.99. The van der Waals surface area contributed by atoms with Crippen LogP contribution in [0.2, 0.25) is 0 Å². The summed E-state index contributed by atoms with van der Waals surface area (Å²) in [5.41, 5.74) is 1.32. The molecule has 0 saturated heterocycles. The molecule has 2 rings (SSSR count). The molecule has 0 radical (unpaired) electrons. The summed E-state index contributed by atoms with van der Waals surface area (Å²) in [6.45, 7) is 1.13. The van der Waals surface area contributed by atoms with Gasteiger partial charge in [0, 0.05) is 24.2 Å². The highest BCUT2D eigenvalue weighted by atomic mass is 32.2. The zero-order chi connectivity index (χ0) is 9.26. The van der Waals surface area contributed by atoms with Crippen LogP contribution >= 0.6 is 11.8 Å². The minimum absolute atomic E-state index is 0.946. The maximum absolute atomic E-state index is 5.18. The van der Waals surface area contributed by atoms with Crippen LogP contribution in [0.5, 0.6) is 5.75 Å². The number of hydrogen-bond acceptors (Lipinski definition) is 3. The molecule has 1 aliphatic rings. The fraction of sp³-hybridized carbons (Fsp3) is 0.400. The molecule has 0 atom stereocenters. The zero-order valence-electron chi connectivity index (χ0n) is 7.91. The van der Waals surface area contributed by atoms with E-state index in [1.807, 2.05) is 17.8 Å². The van der Waals surface area contributed by atoms with Gasteiger partial charge in [-0.3, -0.25) is 0 Å². The fourth-order valence-corrected chi connectivity index (χ4v) is 2.62. The second kappa shape index (κ2) is 3.50. The van der Waals surface area contributed by atoms with Gasteiger partial charge in [-0.2, -0.15) is 0 Å². The van der Waals surface area contributed by atoms with Crippen molar-refractivity contribution < 1.29 is 4.74 Å². The summed E-state index contributed by atoms with van der Waals surface area (Å²) in [5, 5.41) is 0. The molecule has 0 unspecified atom stereocenters. The van der Waals surface area contributed by atoms with E-state index in [1.165, 1.54) is 10.6 Å². The van der Waals surface area contributed by atoms with Crippen LogP contribution in [0, 0.1) is 0 Å². The molecule has 1 aromatic carbocycles. The van der Waals surface area contributed by atoms with Crippen LogP contribution in [-0.2, 0) is 0 Å². The summed E-state index contributed by atoms with van der Waals surface area (Å²) in [6, 6.07) is 6.25. The van der Waals surface area contributed by atoms with E-state index >= 15 is 0 Å². The number of fused-ring (bicyclic) bond motifs is 1. The minimum Gasteiger partial charge on any atom is -0.497 e. The number of anilines is 1. The van der Waals surface area contributed by atoms with Crippen molar-refractivity contribution in [2.75, 3.05) is 31.4 Å². The summed E-state index contributed by atoms with van der Waals surface area (Å²) in [7, 11) is 3.84. The van der Waals surface area contributed by atoms with Crippen LogP contribution in [0.25, 0.3) is 0 Å². The number of methoxy groups -OCH3 is 1. The van der Waals surface area contributed by atoms with Gasteiger partial charge in [0.25, 0.3) is 0 Å². The van der Waals surface area contributed by atoms with E-state index in [2.05, 4.69) is 24.1 Å². The van der Waals surface area contributed by atoms with Crippen molar-refractivity contribution in [1.29, 1.82) is 0 Å². The average molecular weight is 195 g/mol. The van der Waals surface area contributed by atoms with Crippen molar-refractivity contribution >= 4 is 17.4 Å². The number of hydrogen-bond donors (Lipinski definition) is 0. The lowest BCUT2D eigenvalue weighted by Gasteiger charge is -2.27. The molecular formula is C10H13NOS. The molecule has 1 aromatic rings. The summed E-state index contributed by atoms with van der Waals surface area (Å²) in [6.07, 6.45) is 0. The van der Waals surface area contributed by atoms with E-state index in [0.717, 1.165) is 18.0 Å². The van der Waals surface area contributed by atoms with Gasteiger partial charge in [0.05, 0.1) is 12.8 Å². The second-order valence-electron chi connectivity index (χ2n) is 3.10. The van der Waals surface area contributed by atoms with Gasteiger partial charge >= 0.3 is 0 Å². The Balaban J connectivity index is 2.39. The molecule has 2 nitrogen and oxygen atoms in total. The monoisotopic (exact) mass is 195 g/mol. The Bertz CT molecular complexity index is 314. The molecule has 0 spiro atoms. The van der Waals surface area contributed by atoms with Crippen LogP contribution in [0.3, 0.4) is 0 Å². The molecule has 0 aromatic heterocycles. The Kier molecular flexibility index (Phi) is 2.36. The van der Waals surface area contributed by atoms with Crippen molar-refractivity contribution in [3.05, 3.63) is 18.2 Å². The molecule has 0 saturated carbocycles. The summed E-state index contributed by atoms with van der Waals surface area (Å²) >= 11 is 1.90. The van der Waals surface area contributed by atoms with E-state index in [1.54, 1.807) is 7.11 Å². The third-order valence-corrected chi connectivity index (χ3v) is 3.29. The van der Waals surface area contributed by atoms with Crippen molar-refractivity contribution in [2.45, 2.75) is 4.90 Å². The Hall–Kier alpha value is -0.830. The minimum atomic E-state index is 0.946. The molecule has 0 aliphatic carbocycles. The highest BCUT2D eigenvalue weighted by Crippen LogP contribution is 2.36. The van der Waals surface area contributed by atoms with E-state index in [-0.39, 0.29) is 0 Å². The Labute approximate surface area is 82.9 Å². The van der Waals surface area contributed by atoms with Gasteiger partial charge in [0.15, 0.2) is 0 Å². The lowest BCUT2D eigenvalue weighted by molar-refractivity contribution is 0.413. The Morgan fingerprint density at radius 3 is 3.08 bits per heavy atom. The van der Waals surface area contributed by atoms with E-state index in [9.17, 15) is 0 Å². The van der Waals surface area contributed by atoms with Gasteiger partial charge < -0.3 is 9.64 Å². The lowest BCUT2D eigenvalue weighted by Crippen LogP contribution is -2.23. The van der Waals surface area contributed by atoms with E-state index < -0.39 is 0 Å². The maximum Gasteiger partial charge on any atom is 0.120 e. The van der Waals surface area contributed by atoms with E-state index in [4.69, 9.17) is 4.74 Å². The van der Waals surface area contributed by atoms with Crippen molar-refractivity contribution in [3.8, 4) is 5.75 Å². The molecular weight excluding hydrogens is 182 g/mol. The van der Waals surface area contributed by atoms with Gasteiger partial charge in [0.2, 0.25) is 0 Å². The van der Waals surface area contributed by atoms with Gasteiger partial charge in [-0.05, 0) is 18.2 Å². The zero-order valence-corrected chi connectivity index (χ0v) is 8.73. The smallest absolute Gasteiger partial charge is 0.120 e. The maximum atomic E-state index is 5.18. The Morgan fingerprint density at radius 1 is 1.46 bits per heavy atom. The summed E-state index contributed by atoms with van der Waals surface area (Å²) < 4.78 is 5.18. The molecule has 0 fully saturated rings. The predicted molar refractivity (Wildman–Crippen MR) is 57.0 cm³/mol. The average Bonchev–Trinajstić information content (AvgIpc) is 2.18. The van der Waals surface area contributed by atoms with Gasteiger partial charge in [0.1, 0.15) is 5.75 Å². The van der Waals surface area contributed by atoms with Crippen LogP contribution < -0.4 is 9.64 Å². The molecule has 0 amide bonds. The van der Waals surface area contributed by atoms with Crippen LogP contribution in [0.1, 0.15) is 0 Å². The molecule has 13 heavy (non-hydrogen) atoms. The lowest BCUT2D eigenvalue weighted by atomic mass is 10.2. The molecule has 1 aliphatic heterocycles. The predicted octanol–water partition coefficient (Wildman–Crippen LogP) is 2.24. The topological polar surface area (TPSA) is 12.5 Å². The van der Waals surface area contributed by atoms with Crippen molar-refractivity contribution in [3.63, 3.8) is 0 Å². The largest absolute Gasteiger partial charge is 0.497 e. The quantitative estimate of drug-likeness (QED) is 0.682. The van der Waals surface area contributed by atoms with Gasteiger partial charge in [-0.15, -0.1) is 11.8 Å². The molecule has 0 bridgehead atoms. The second-order valence-corrected chi connectivity index (χ2v) is 4.24. The molecule has 0 N–H and O–H groups in total. The third kappa shape index (κ3) is 1.61. The normalized spacial score (nSPS) is 15.4. The number of rotatable bonds is 1. The standard InChI is InChI=1S/C10H13NOS/c1-11-5-6-13-10-7-8(12-2)3-4-9(10)11/h3-4,7H,5-6H2,1-2H3.